The van der Waals surface area contributed by atoms with Crippen molar-refractivity contribution < 1.29 is 4.79 Å². The topological polar surface area (TPSA) is 137 Å². The van der Waals surface area contributed by atoms with Crippen molar-refractivity contribution >= 4 is 12.0 Å². The molecule has 1 rings (SSSR count). The van der Waals surface area contributed by atoms with Crippen molar-refractivity contribution in [1.82, 2.24) is 25.7 Å². The second-order valence-electron chi connectivity index (χ2n) is 1.53. The molecule has 0 radical (unpaired) electrons. The van der Waals surface area contributed by atoms with Gasteiger partial charge in [-0.2, -0.15) is 0 Å². The number of tetrazole rings is 1. The maximum Gasteiger partial charge on any atom is 0.349 e. The molecule has 0 aliphatic rings. The van der Waals surface area contributed by atoms with Crippen molar-refractivity contribution in [1.29, 1.82) is 0 Å². The number of hydrogen-bond acceptors (Lipinski definition) is 6. The molecule has 6 N–H and O–H groups in total. The summed E-state index contributed by atoms with van der Waals surface area (Å²) in [6, 6.07) is -0.663. The van der Waals surface area contributed by atoms with Crippen LogP contribution in [0.3, 0.4) is 0 Å². The van der Waals surface area contributed by atoms with Crippen LogP contribution in [0.25, 0.3) is 0 Å². The number of nitrogens with one attached hydrogen (secondary N) is 2. The lowest BCUT2D eigenvalue weighted by molar-refractivity contribution is 0.249. The van der Waals surface area contributed by atoms with Gasteiger partial charge in [-0.05, 0) is 10.4 Å². The molecule has 11 heavy (non-hydrogen) atoms. The molecule has 0 aliphatic carbocycles. The van der Waals surface area contributed by atoms with Gasteiger partial charge in [0.2, 0.25) is 0 Å². The minimum Gasteiger partial charge on any atom is -0.365 e. The molecule has 0 saturated heterocycles. The van der Waals surface area contributed by atoms with E-state index in [-0.39, 0.29) is 5.95 Å². The van der Waals surface area contributed by atoms with E-state index in [9.17, 15) is 4.79 Å². The highest BCUT2D eigenvalue weighted by atomic mass is 16.2. The lowest BCUT2D eigenvalue weighted by Crippen LogP contribution is -2.39. The second kappa shape index (κ2) is 2.79. The summed E-state index contributed by atoms with van der Waals surface area (Å²) in [6.07, 6.45) is 0. The van der Waals surface area contributed by atoms with Crippen molar-refractivity contribution in [2.45, 2.75) is 0 Å². The van der Waals surface area contributed by atoms with Crippen molar-refractivity contribution in [3.63, 3.8) is 0 Å². The Labute approximate surface area is 60.7 Å². The molecule has 9 nitrogen and oxygen atoms in total. The SMILES string of the molecule is NNC(=O)Nn1nnnc1N. The Morgan fingerprint density at radius 3 is 2.82 bits per heavy atom. The van der Waals surface area contributed by atoms with Crippen LogP contribution < -0.4 is 22.4 Å². The average Bonchev–Trinajstić information content (AvgIpc) is 2.37. The summed E-state index contributed by atoms with van der Waals surface area (Å²) < 4.78 is 0. The molecule has 60 valence electrons. The zero-order valence-corrected chi connectivity index (χ0v) is 5.35. The third kappa shape index (κ3) is 1.52. The number of hydrazine groups is 1. The fourth-order valence-corrected chi connectivity index (χ4v) is 0.402. The summed E-state index contributed by atoms with van der Waals surface area (Å²) in [6.45, 7) is 0. The van der Waals surface area contributed by atoms with Crippen molar-refractivity contribution in [2.75, 3.05) is 11.2 Å². The fraction of sp³-hybridized carbons (Fsp3) is 0. The number of nitrogens with two attached hydrogens (primary N) is 2. The van der Waals surface area contributed by atoms with Gasteiger partial charge in [-0.3, -0.25) is 5.43 Å². The second-order valence-corrected chi connectivity index (χ2v) is 1.53. The number of urea groups is 1. The van der Waals surface area contributed by atoms with Crippen LogP contribution in [-0.4, -0.2) is 26.3 Å². The number of hydrogen-bond donors (Lipinski definition) is 4. The molecule has 1 aromatic rings. The quantitative estimate of drug-likeness (QED) is 0.200. The first-order valence-electron chi connectivity index (χ1n) is 2.55. The van der Waals surface area contributed by atoms with E-state index < -0.39 is 6.03 Å². The molecule has 2 amide bonds. The molecule has 0 unspecified atom stereocenters. The fourth-order valence-electron chi connectivity index (χ4n) is 0.402. The minimum absolute atomic E-state index is 0.0337. The summed E-state index contributed by atoms with van der Waals surface area (Å²) >= 11 is 0. The van der Waals surface area contributed by atoms with Gasteiger partial charge < -0.3 is 5.73 Å². The summed E-state index contributed by atoms with van der Waals surface area (Å²) in [7, 11) is 0. The van der Waals surface area contributed by atoms with Crippen LogP contribution in [0.1, 0.15) is 0 Å². The molecule has 0 spiro atoms. The molecule has 1 aromatic heterocycles. The van der Waals surface area contributed by atoms with Crippen LogP contribution >= 0.6 is 0 Å². The van der Waals surface area contributed by atoms with Gasteiger partial charge in [0.15, 0.2) is 0 Å². The number of carbonyl (C=O) groups is 1. The number of carbonyl (C=O) groups excluding carboxylic acids is 1. The van der Waals surface area contributed by atoms with Crippen LogP contribution in [0.5, 0.6) is 0 Å². The van der Waals surface area contributed by atoms with E-state index in [1.807, 2.05) is 5.43 Å². The van der Waals surface area contributed by atoms with E-state index in [1.165, 1.54) is 0 Å². The first kappa shape index (κ1) is 7.21. The average molecular weight is 158 g/mol. The largest absolute Gasteiger partial charge is 0.365 e. The predicted octanol–water partition coefficient (Wildman–Crippen LogP) is -2.62. The number of amides is 2. The van der Waals surface area contributed by atoms with Crippen LogP contribution in [0.2, 0.25) is 0 Å². The van der Waals surface area contributed by atoms with Crippen LogP contribution in [0.4, 0.5) is 10.7 Å². The molecule has 0 atom stereocenters. The zero-order chi connectivity index (χ0) is 8.27. The van der Waals surface area contributed by atoms with E-state index in [0.29, 0.717) is 0 Å². The Morgan fingerprint density at radius 1 is 1.64 bits per heavy atom. The Bertz CT molecular complexity index is 252. The standard InChI is InChI=1S/C2H6N8O/c3-1-6-8-9-10(1)7-2(11)5-4/h4H2,(H2,3,6,9)(H2,5,7,11). The highest BCUT2D eigenvalue weighted by Gasteiger charge is 2.02. The van der Waals surface area contributed by atoms with Gasteiger partial charge in [0, 0.05) is 0 Å². The summed E-state index contributed by atoms with van der Waals surface area (Å²) in [4.78, 5) is 11.4. The smallest absolute Gasteiger partial charge is 0.349 e. The van der Waals surface area contributed by atoms with Crippen molar-refractivity contribution in [3.05, 3.63) is 0 Å². The number of nitrogen functional groups attached to an aromatic ring is 1. The highest BCUT2D eigenvalue weighted by molar-refractivity contribution is 5.81. The third-order valence-corrected chi connectivity index (χ3v) is 0.832. The highest BCUT2D eigenvalue weighted by Crippen LogP contribution is 1.85. The first-order valence-corrected chi connectivity index (χ1v) is 2.55. The monoisotopic (exact) mass is 158 g/mol. The van der Waals surface area contributed by atoms with Crippen LogP contribution in [0, 0.1) is 0 Å². The maximum absolute atomic E-state index is 10.5. The Kier molecular flexibility index (Phi) is 1.83. The van der Waals surface area contributed by atoms with Gasteiger partial charge >= 0.3 is 6.03 Å². The number of anilines is 1. The Balaban J connectivity index is 2.64. The third-order valence-electron chi connectivity index (χ3n) is 0.832. The lowest BCUT2D eigenvalue weighted by Gasteiger charge is -2.01. The van der Waals surface area contributed by atoms with E-state index in [2.05, 4.69) is 21.0 Å². The van der Waals surface area contributed by atoms with E-state index in [0.717, 1.165) is 4.79 Å². The minimum atomic E-state index is -0.663. The Hall–Kier alpha value is -1.90. The van der Waals surface area contributed by atoms with Crippen LogP contribution in [0.15, 0.2) is 0 Å². The van der Waals surface area contributed by atoms with E-state index in [4.69, 9.17) is 11.6 Å². The van der Waals surface area contributed by atoms with Crippen molar-refractivity contribution in [2.24, 2.45) is 5.84 Å². The molecule has 0 aliphatic heterocycles. The molecule has 0 fully saturated rings. The first-order chi connectivity index (χ1) is 5.24. The van der Waals surface area contributed by atoms with Crippen LogP contribution in [-0.2, 0) is 0 Å². The maximum atomic E-state index is 10.5. The normalized spacial score (nSPS) is 9.18. The molecule has 1 heterocycles. The molecule has 0 aromatic carbocycles. The molecular weight excluding hydrogens is 152 g/mol. The van der Waals surface area contributed by atoms with E-state index in [1.54, 1.807) is 0 Å². The zero-order valence-electron chi connectivity index (χ0n) is 5.35. The van der Waals surface area contributed by atoms with Gasteiger partial charge in [0.25, 0.3) is 5.95 Å². The lowest BCUT2D eigenvalue weighted by atomic mass is 11.0. The van der Waals surface area contributed by atoms with E-state index >= 15 is 0 Å². The molecule has 0 saturated carbocycles. The van der Waals surface area contributed by atoms with Gasteiger partial charge in [-0.25, -0.2) is 16.1 Å². The number of aromatic nitrogens is 4. The molecule has 0 bridgehead atoms. The van der Waals surface area contributed by atoms with Gasteiger partial charge in [0.05, 0.1) is 0 Å². The van der Waals surface area contributed by atoms with Gasteiger partial charge in [-0.1, -0.05) is 5.10 Å². The number of nitrogens with zero attached hydrogens (tertiary/aromatic N) is 4. The Morgan fingerprint density at radius 2 is 2.36 bits per heavy atom. The summed E-state index contributed by atoms with van der Waals surface area (Å²) in [5, 5.41) is 9.77. The molecule has 9 heteroatoms. The molecular formula is C2H6N8O. The predicted molar refractivity (Wildman–Crippen MR) is 34.3 cm³/mol. The van der Waals surface area contributed by atoms with Gasteiger partial charge in [-0.15, -0.1) is 4.79 Å². The summed E-state index contributed by atoms with van der Waals surface area (Å²) in [5.74, 6) is 4.72. The van der Waals surface area contributed by atoms with Crippen molar-refractivity contribution in [3.8, 4) is 0 Å². The summed E-state index contributed by atoms with van der Waals surface area (Å²) in [5.41, 5.74) is 9.12. The van der Waals surface area contributed by atoms with Gasteiger partial charge in [0.1, 0.15) is 0 Å². The number of rotatable bonds is 1.